The normalized spacial score (nSPS) is 33.5. The highest BCUT2D eigenvalue weighted by Crippen LogP contribution is 2.44. The predicted molar refractivity (Wildman–Crippen MR) is 62.8 cm³/mol. The van der Waals surface area contributed by atoms with Crippen LogP contribution in [0, 0.1) is 11.8 Å². The lowest BCUT2D eigenvalue weighted by molar-refractivity contribution is -0.131. The molecule has 16 heavy (non-hydrogen) atoms. The molecule has 0 aromatic heterocycles. The van der Waals surface area contributed by atoms with Crippen molar-refractivity contribution in [3.05, 3.63) is 0 Å². The summed E-state index contributed by atoms with van der Waals surface area (Å²) in [6, 6.07) is 0. The lowest BCUT2D eigenvalue weighted by Crippen LogP contribution is -2.39. The first kappa shape index (κ1) is 10.6. The van der Waals surface area contributed by atoms with E-state index in [1.54, 1.807) is 0 Å². The third-order valence-electron chi connectivity index (χ3n) is 4.54. The Labute approximate surface area is 97.6 Å². The second-order valence-electron chi connectivity index (χ2n) is 5.92. The zero-order chi connectivity index (χ0) is 11.3. The van der Waals surface area contributed by atoms with E-state index in [-0.39, 0.29) is 5.54 Å². The van der Waals surface area contributed by atoms with Gasteiger partial charge in [-0.25, -0.2) is 0 Å². The molecule has 2 aliphatic carbocycles. The van der Waals surface area contributed by atoms with Crippen molar-refractivity contribution in [2.24, 2.45) is 11.8 Å². The fourth-order valence-electron chi connectivity index (χ4n) is 3.02. The third-order valence-corrected chi connectivity index (χ3v) is 4.54. The summed E-state index contributed by atoms with van der Waals surface area (Å²) in [4.78, 5) is 14.4. The van der Waals surface area contributed by atoms with E-state index >= 15 is 0 Å². The van der Waals surface area contributed by atoms with Gasteiger partial charge in [-0.2, -0.15) is 0 Å². The summed E-state index contributed by atoms with van der Waals surface area (Å²) in [6.45, 7) is 5.44. The number of rotatable bonds is 4. The van der Waals surface area contributed by atoms with Gasteiger partial charge in [-0.05, 0) is 43.9 Å². The SMILES string of the molecule is CCC1NC2(CC2)C(=O)N1CC(C)C1CC1. The number of hydrogen-bond donors (Lipinski definition) is 1. The topological polar surface area (TPSA) is 32.3 Å². The van der Waals surface area contributed by atoms with Crippen LogP contribution in [-0.4, -0.2) is 29.1 Å². The first-order chi connectivity index (χ1) is 7.66. The Bertz CT molecular complexity index is 307. The van der Waals surface area contributed by atoms with Gasteiger partial charge >= 0.3 is 0 Å². The number of amides is 1. The van der Waals surface area contributed by atoms with Crippen molar-refractivity contribution < 1.29 is 4.79 Å². The van der Waals surface area contributed by atoms with Gasteiger partial charge < -0.3 is 4.90 Å². The van der Waals surface area contributed by atoms with Crippen LogP contribution in [-0.2, 0) is 4.79 Å². The third kappa shape index (κ3) is 1.56. The molecule has 3 rings (SSSR count). The molecule has 1 N–H and O–H groups in total. The second-order valence-corrected chi connectivity index (χ2v) is 5.92. The molecule has 1 spiro atoms. The molecule has 1 amide bonds. The number of carbonyl (C=O) groups is 1. The number of nitrogens with zero attached hydrogens (tertiary/aromatic N) is 1. The highest BCUT2D eigenvalue weighted by molar-refractivity contribution is 5.91. The highest BCUT2D eigenvalue weighted by Gasteiger charge is 2.58. The summed E-state index contributed by atoms with van der Waals surface area (Å²) >= 11 is 0. The Morgan fingerprint density at radius 1 is 1.50 bits per heavy atom. The molecular formula is C13H22N2O. The molecule has 3 nitrogen and oxygen atoms in total. The zero-order valence-electron chi connectivity index (χ0n) is 10.3. The molecule has 0 radical (unpaired) electrons. The largest absolute Gasteiger partial charge is 0.325 e. The quantitative estimate of drug-likeness (QED) is 0.785. The molecule has 1 heterocycles. The predicted octanol–water partition coefficient (Wildman–Crippen LogP) is 1.73. The minimum absolute atomic E-state index is 0.121. The van der Waals surface area contributed by atoms with E-state index in [9.17, 15) is 4.79 Å². The van der Waals surface area contributed by atoms with Crippen molar-refractivity contribution in [1.29, 1.82) is 0 Å². The lowest BCUT2D eigenvalue weighted by atomic mass is 10.1. The van der Waals surface area contributed by atoms with Crippen LogP contribution in [0.25, 0.3) is 0 Å². The van der Waals surface area contributed by atoms with E-state index in [0.29, 0.717) is 18.0 Å². The van der Waals surface area contributed by atoms with E-state index in [0.717, 1.165) is 31.7 Å². The fourth-order valence-corrected chi connectivity index (χ4v) is 3.02. The van der Waals surface area contributed by atoms with Crippen molar-refractivity contribution in [2.45, 2.75) is 57.7 Å². The smallest absolute Gasteiger partial charge is 0.244 e. The summed E-state index contributed by atoms with van der Waals surface area (Å²) < 4.78 is 0. The van der Waals surface area contributed by atoms with Crippen LogP contribution < -0.4 is 5.32 Å². The summed E-state index contributed by atoms with van der Waals surface area (Å²) in [5, 5.41) is 3.53. The van der Waals surface area contributed by atoms with Gasteiger partial charge in [-0.1, -0.05) is 13.8 Å². The molecule has 0 aromatic rings. The van der Waals surface area contributed by atoms with E-state index in [1.165, 1.54) is 12.8 Å². The Kier molecular flexibility index (Phi) is 2.29. The second kappa shape index (κ2) is 3.46. The monoisotopic (exact) mass is 222 g/mol. The van der Waals surface area contributed by atoms with Gasteiger partial charge in [0, 0.05) is 6.54 Å². The molecule has 2 atom stereocenters. The van der Waals surface area contributed by atoms with Crippen molar-refractivity contribution >= 4 is 5.91 Å². The molecule has 2 unspecified atom stereocenters. The molecule has 1 aliphatic heterocycles. The van der Waals surface area contributed by atoms with Crippen molar-refractivity contribution in [1.82, 2.24) is 10.2 Å². The Hall–Kier alpha value is -0.570. The van der Waals surface area contributed by atoms with Crippen LogP contribution in [0.5, 0.6) is 0 Å². The molecule has 3 fully saturated rings. The average Bonchev–Trinajstić information content (AvgIpc) is 3.14. The number of nitrogens with one attached hydrogen (secondary N) is 1. The molecule has 2 saturated carbocycles. The molecule has 3 aliphatic rings. The van der Waals surface area contributed by atoms with E-state index in [4.69, 9.17) is 0 Å². The van der Waals surface area contributed by atoms with Crippen molar-refractivity contribution in [2.75, 3.05) is 6.54 Å². The minimum Gasteiger partial charge on any atom is -0.325 e. The number of hydrogen-bond acceptors (Lipinski definition) is 2. The Balaban J connectivity index is 1.69. The van der Waals surface area contributed by atoms with Gasteiger partial charge in [0.25, 0.3) is 0 Å². The molecule has 90 valence electrons. The standard InChI is InChI=1S/C13H22N2O/c1-3-11-14-13(6-7-13)12(16)15(11)8-9(2)10-4-5-10/h9-11,14H,3-8H2,1-2H3. The van der Waals surface area contributed by atoms with Gasteiger partial charge in [0.05, 0.1) is 11.7 Å². The fraction of sp³-hybridized carbons (Fsp3) is 0.923. The molecule has 0 bridgehead atoms. The molecule has 0 aromatic carbocycles. The molecule has 3 heteroatoms. The summed E-state index contributed by atoms with van der Waals surface area (Å²) in [5.74, 6) is 1.96. The van der Waals surface area contributed by atoms with Gasteiger partial charge in [-0.15, -0.1) is 0 Å². The van der Waals surface area contributed by atoms with Crippen LogP contribution in [0.4, 0.5) is 0 Å². The summed E-state index contributed by atoms with van der Waals surface area (Å²) in [6.07, 6.45) is 6.19. The van der Waals surface area contributed by atoms with Crippen LogP contribution in [0.3, 0.4) is 0 Å². The lowest BCUT2D eigenvalue weighted by Gasteiger charge is -2.26. The summed E-state index contributed by atoms with van der Waals surface area (Å²) in [7, 11) is 0. The van der Waals surface area contributed by atoms with Gasteiger partial charge in [0.1, 0.15) is 0 Å². The maximum Gasteiger partial charge on any atom is 0.244 e. The molecule has 1 saturated heterocycles. The maximum absolute atomic E-state index is 12.3. The van der Waals surface area contributed by atoms with Gasteiger partial charge in [0.2, 0.25) is 5.91 Å². The first-order valence-corrected chi connectivity index (χ1v) is 6.75. The van der Waals surface area contributed by atoms with Crippen LogP contribution >= 0.6 is 0 Å². The Morgan fingerprint density at radius 2 is 2.19 bits per heavy atom. The minimum atomic E-state index is -0.121. The van der Waals surface area contributed by atoms with E-state index in [1.807, 2.05) is 0 Å². The average molecular weight is 222 g/mol. The van der Waals surface area contributed by atoms with E-state index in [2.05, 4.69) is 24.1 Å². The van der Waals surface area contributed by atoms with Crippen LogP contribution in [0.15, 0.2) is 0 Å². The zero-order valence-corrected chi connectivity index (χ0v) is 10.3. The van der Waals surface area contributed by atoms with Crippen molar-refractivity contribution in [3.8, 4) is 0 Å². The summed E-state index contributed by atoms with van der Waals surface area (Å²) in [5.41, 5.74) is -0.121. The van der Waals surface area contributed by atoms with Crippen LogP contribution in [0.1, 0.15) is 46.0 Å². The molecular weight excluding hydrogens is 200 g/mol. The Morgan fingerprint density at radius 3 is 2.69 bits per heavy atom. The highest BCUT2D eigenvalue weighted by atomic mass is 16.2. The first-order valence-electron chi connectivity index (χ1n) is 6.75. The maximum atomic E-state index is 12.3. The number of carbonyl (C=O) groups excluding carboxylic acids is 1. The van der Waals surface area contributed by atoms with E-state index < -0.39 is 0 Å². The van der Waals surface area contributed by atoms with Gasteiger partial charge in [-0.3, -0.25) is 10.1 Å². The van der Waals surface area contributed by atoms with Crippen molar-refractivity contribution in [3.63, 3.8) is 0 Å². The van der Waals surface area contributed by atoms with Crippen LogP contribution in [0.2, 0.25) is 0 Å². The van der Waals surface area contributed by atoms with Gasteiger partial charge in [0.15, 0.2) is 0 Å².